The molecule has 2 atom stereocenters. The van der Waals surface area contributed by atoms with Crippen molar-refractivity contribution >= 4 is 22.4 Å². The fourth-order valence-electron chi connectivity index (χ4n) is 4.42. The largest absolute Gasteiger partial charge is 0.383 e. The quantitative estimate of drug-likeness (QED) is 0.374. The lowest BCUT2D eigenvalue weighted by Crippen LogP contribution is -2.38. The summed E-state index contributed by atoms with van der Waals surface area (Å²) >= 11 is 0. The number of benzene rings is 2. The highest BCUT2D eigenvalue weighted by molar-refractivity contribution is 5.81. The average Bonchev–Trinajstić information content (AvgIpc) is 3.26. The van der Waals surface area contributed by atoms with Gasteiger partial charge in [0.1, 0.15) is 5.82 Å². The fraction of sp³-hybridized carbons (Fsp3) is 0.292. The molecule has 5 rings (SSSR count). The SMILES string of the molecule is Nc1ccn(-c2ccc(CNC3CCCC(Nc4ccc5[nH]ncc5c4)C3)cc2)c(=O)n1. The number of aromatic nitrogens is 4. The van der Waals surface area contributed by atoms with Gasteiger partial charge in [-0.1, -0.05) is 12.1 Å². The summed E-state index contributed by atoms with van der Waals surface area (Å²) in [6.45, 7) is 0.799. The van der Waals surface area contributed by atoms with Gasteiger partial charge in [0.2, 0.25) is 0 Å². The van der Waals surface area contributed by atoms with Crippen LogP contribution in [0.5, 0.6) is 0 Å². The molecule has 4 aromatic rings. The molecule has 0 spiro atoms. The van der Waals surface area contributed by atoms with Crippen LogP contribution in [0.25, 0.3) is 16.6 Å². The highest BCUT2D eigenvalue weighted by Crippen LogP contribution is 2.24. The Hall–Kier alpha value is -3.65. The minimum absolute atomic E-state index is 0.231. The minimum Gasteiger partial charge on any atom is -0.383 e. The Labute approximate surface area is 185 Å². The number of aromatic amines is 1. The van der Waals surface area contributed by atoms with E-state index in [1.54, 1.807) is 12.3 Å². The van der Waals surface area contributed by atoms with Gasteiger partial charge in [0.25, 0.3) is 0 Å². The molecule has 5 N–H and O–H groups in total. The van der Waals surface area contributed by atoms with Gasteiger partial charge < -0.3 is 16.4 Å². The van der Waals surface area contributed by atoms with Crippen molar-refractivity contribution in [3.8, 4) is 5.69 Å². The molecule has 8 heteroatoms. The molecule has 8 nitrogen and oxygen atoms in total. The number of anilines is 2. The summed E-state index contributed by atoms with van der Waals surface area (Å²) in [5, 5.41) is 15.6. The number of hydrogen-bond donors (Lipinski definition) is 4. The molecular formula is C24H27N7O. The van der Waals surface area contributed by atoms with Crippen LogP contribution in [0.1, 0.15) is 31.2 Å². The predicted octanol–water partition coefficient (Wildman–Crippen LogP) is 3.20. The Morgan fingerprint density at radius 2 is 1.94 bits per heavy atom. The van der Waals surface area contributed by atoms with Crippen molar-refractivity contribution in [1.82, 2.24) is 25.1 Å². The lowest BCUT2D eigenvalue weighted by molar-refractivity contribution is 0.350. The van der Waals surface area contributed by atoms with E-state index in [9.17, 15) is 4.79 Å². The summed E-state index contributed by atoms with van der Waals surface area (Å²) in [5.74, 6) is 0.231. The maximum absolute atomic E-state index is 12.0. The summed E-state index contributed by atoms with van der Waals surface area (Å²) < 4.78 is 1.49. The molecule has 1 fully saturated rings. The van der Waals surface area contributed by atoms with Crippen molar-refractivity contribution in [3.63, 3.8) is 0 Å². The van der Waals surface area contributed by atoms with Crippen LogP contribution in [0.3, 0.4) is 0 Å². The lowest BCUT2D eigenvalue weighted by atomic mass is 9.90. The second kappa shape index (κ2) is 8.84. The number of nitrogens with zero attached hydrogens (tertiary/aromatic N) is 3. The summed E-state index contributed by atoms with van der Waals surface area (Å²) in [5.41, 5.74) is 9.37. The highest BCUT2D eigenvalue weighted by atomic mass is 16.1. The molecule has 2 aromatic carbocycles. The van der Waals surface area contributed by atoms with Crippen LogP contribution >= 0.6 is 0 Å². The monoisotopic (exact) mass is 429 g/mol. The van der Waals surface area contributed by atoms with E-state index in [2.05, 4.69) is 44.0 Å². The molecule has 2 aromatic heterocycles. The molecule has 0 amide bonds. The van der Waals surface area contributed by atoms with Gasteiger partial charge >= 0.3 is 5.69 Å². The fourth-order valence-corrected chi connectivity index (χ4v) is 4.42. The van der Waals surface area contributed by atoms with Crippen LogP contribution in [-0.4, -0.2) is 31.8 Å². The third kappa shape index (κ3) is 4.50. The van der Waals surface area contributed by atoms with Gasteiger partial charge in [0.05, 0.1) is 17.4 Å². The van der Waals surface area contributed by atoms with E-state index in [1.165, 1.54) is 29.4 Å². The van der Waals surface area contributed by atoms with E-state index in [0.29, 0.717) is 12.1 Å². The second-order valence-electron chi connectivity index (χ2n) is 8.43. The Bertz CT molecular complexity index is 1260. The number of fused-ring (bicyclic) bond motifs is 1. The van der Waals surface area contributed by atoms with Crippen molar-refractivity contribution in [2.75, 3.05) is 11.1 Å². The first-order chi connectivity index (χ1) is 15.6. The maximum atomic E-state index is 12.0. The lowest BCUT2D eigenvalue weighted by Gasteiger charge is -2.31. The minimum atomic E-state index is -0.372. The first-order valence-corrected chi connectivity index (χ1v) is 11.0. The van der Waals surface area contributed by atoms with E-state index in [1.807, 2.05) is 30.5 Å². The van der Waals surface area contributed by atoms with E-state index in [0.717, 1.165) is 35.2 Å². The normalized spacial score (nSPS) is 18.6. The van der Waals surface area contributed by atoms with Gasteiger partial charge in [-0.15, -0.1) is 0 Å². The van der Waals surface area contributed by atoms with Gasteiger partial charge in [-0.25, -0.2) is 4.79 Å². The Balaban J connectivity index is 1.17. The maximum Gasteiger partial charge on any atom is 0.354 e. The number of nitrogens with two attached hydrogens (primary N) is 1. The van der Waals surface area contributed by atoms with Crippen molar-refractivity contribution in [1.29, 1.82) is 0 Å². The van der Waals surface area contributed by atoms with Crippen LogP contribution in [0.4, 0.5) is 11.5 Å². The zero-order valence-corrected chi connectivity index (χ0v) is 17.8. The zero-order valence-electron chi connectivity index (χ0n) is 17.8. The van der Waals surface area contributed by atoms with Crippen molar-refractivity contribution in [2.24, 2.45) is 0 Å². The molecule has 32 heavy (non-hydrogen) atoms. The van der Waals surface area contributed by atoms with Gasteiger partial charge in [-0.3, -0.25) is 9.67 Å². The Kier molecular flexibility index (Phi) is 5.60. The molecule has 1 aliphatic carbocycles. The summed E-state index contributed by atoms with van der Waals surface area (Å²) in [6.07, 6.45) is 8.17. The molecule has 1 saturated carbocycles. The Morgan fingerprint density at radius 3 is 2.78 bits per heavy atom. The van der Waals surface area contributed by atoms with E-state index < -0.39 is 0 Å². The molecule has 164 valence electrons. The summed E-state index contributed by atoms with van der Waals surface area (Å²) in [4.78, 5) is 15.8. The van der Waals surface area contributed by atoms with Crippen molar-refractivity contribution < 1.29 is 0 Å². The van der Waals surface area contributed by atoms with Crippen molar-refractivity contribution in [3.05, 3.63) is 77.0 Å². The third-order valence-corrected chi connectivity index (χ3v) is 6.12. The third-order valence-electron chi connectivity index (χ3n) is 6.12. The smallest absolute Gasteiger partial charge is 0.354 e. The van der Waals surface area contributed by atoms with Gasteiger partial charge in [0, 0.05) is 35.9 Å². The average molecular weight is 430 g/mol. The standard InChI is InChI=1S/C24H27N7O/c25-23-10-11-31(24(32)29-23)21-7-4-16(5-8-21)14-26-18-2-1-3-19(13-18)28-20-6-9-22-17(12-20)15-27-30-22/h4-12,15,18-19,26,28H,1-3,13-14H2,(H,27,30)(H2,25,29,32). The van der Waals surface area contributed by atoms with Gasteiger partial charge in [-0.05, 0) is 67.6 Å². The number of nitrogens with one attached hydrogen (secondary N) is 3. The van der Waals surface area contributed by atoms with E-state index in [4.69, 9.17) is 5.73 Å². The van der Waals surface area contributed by atoms with E-state index >= 15 is 0 Å². The topological polar surface area (TPSA) is 114 Å². The van der Waals surface area contributed by atoms with Crippen LogP contribution in [0, 0.1) is 0 Å². The molecule has 0 aliphatic heterocycles. The Morgan fingerprint density at radius 1 is 1.09 bits per heavy atom. The molecule has 2 unspecified atom stereocenters. The second-order valence-corrected chi connectivity index (χ2v) is 8.43. The first-order valence-electron chi connectivity index (χ1n) is 11.0. The summed E-state index contributed by atoms with van der Waals surface area (Å²) in [6, 6.07) is 16.9. The molecular weight excluding hydrogens is 402 g/mol. The molecule has 0 bridgehead atoms. The highest BCUT2D eigenvalue weighted by Gasteiger charge is 2.21. The van der Waals surface area contributed by atoms with Crippen LogP contribution < -0.4 is 22.1 Å². The van der Waals surface area contributed by atoms with Crippen LogP contribution in [0.2, 0.25) is 0 Å². The molecule has 1 aliphatic rings. The number of nitrogen functional groups attached to an aromatic ring is 1. The molecule has 0 radical (unpaired) electrons. The van der Waals surface area contributed by atoms with Gasteiger partial charge in [-0.2, -0.15) is 10.1 Å². The zero-order chi connectivity index (χ0) is 21.9. The molecule has 0 saturated heterocycles. The van der Waals surface area contributed by atoms with Crippen molar-refractivity contribution in [2.45, 2.75) is 44.3 Å². The molecule has 2 heterocycles. The number of rotatable bonds is 6. The number of H-pyrrole nitrogens is 1. The predicted molar refractivity (Wildman–Crippen MR) is 127 cm³/mol. The van der Waals surface area contributed by atoms with E-state index in [-0.39, 0.29) is 11.5 Å². The van der Waals surface area contributed by atoms with Crippen LogP contribution in [-0.2, 0) is 6.54 Å². The summed E-state index contributed by atoms with van der Waals surface area (Å²) in [7, 11) is 0. The first kappa shape index (κ1) is 20.3. The van der Waals surface area contributed by atoms with Gasteiger partial charge in [0.15, 0.2) is 0 Å². The van der Waals surface area contributed by atoms with Crippen LogP contribution in [0.15, 0.2) is 65.7 Å². The number of hydrogen-bond acceptors (Lipinski definition) is 6.